The first-order valence-electron chi connectivity index (χ1n) is 8.32. The zero-order chi connectivity index (χ0) is 19.8. The van der Waals surface area contributed by atoms with Crippen molar-refractivity contribution in [2.75, 3.05) is 23.7 Å². The molecule has 28 heavy (non-hydrogen) atoms. The fraction of sp³-hybridized carbons (Fsp3) is 0.111. The van der Waals surface area contributed by atoms with Crippen LogP contribution in [0, 0.1) is 11.3 Å². The molecule has 0 amide bonds. The summed E-state index contributed by atoms with van der Waals surface area (Å²) in [5, 5.41) is 23.2. The monoisotopic (exact) mass is 395 g/mol. The van der Waals surface area contributed by atoms with Crippen molar-refractivity contribution < 1.29 is 8.42 Å². The highest BCUT2D eigenvalue weighted by Gasteiger charge is 2.17. The van der Waals surface area contributed by atoms with E-state index in [-0.39, 0.29) is 17.0 Å². The number of nitrogens with one attached hydrogen (secondary N) is 3. The molecule has 0 fully saturated rings. The smallest absolute Gasteiger partial charge is 0.241 e. The van der Waals surface area contributed by atoms with Gasteiger partial charge in [-0.25, -0.2) is 13.1 Å². The summed E-state index contributed by atoms with van der Waals surface area (Å²) in [6, 6.07) is 15.1. The number of benzene rings is 1. The summed E-state index contributed by atoms with van der Waals surface area (Å²) < 4.78 is 27.1. The van der Waals surface area contributed by atoms with E-state index in [4.69, 9.17) is 5.26 Å². The van der Waals surface area contributed by atoms with E-state index in [1.807, 2.05) is 18.2 Å². The summed E-state index contributed by atoms with van der Waals surface area (Å²) in [6.07, 6.45) is 3.35. The third-order valence-corrected chi connectivity index (χ3v) is 5.14. The summed E-state index contributed by atoms with van der Waals surface area (Å²) in [5.74, 6) is 1.07. The Balaban J connectivity index is 1.50. The molecule has 0 spiro atoms. The molecular formula is C18H17N7O2S. The maximum Gasteiger partial charge on any atom is 0.241 e. The maximum atomic E-state index is 12.3. The first kappa shape index (κ1) is 19.2. The van der Waals surface area contributed by atoms with Gasteiger partial charge in [0.2, 0.25) is 10.0 Å². The molecule has 0 unspecified atom stereocenters. The Morgan fingerprint density at radius 1 is 0.964 bits per heavy atom. The Bertz CT molecular complexity index is 1070. The molecule has 0 bridgehead atoms. The molecule has 2 aromatic heterocycles. The van der Waals surface area contributed by atoms with E-state index in [9.17, 15) is 8.42 Å². The number of anilines is 3. The Morgan fingerprint density at radius 3 is 2.46 bits per heavy atom. The van der Waals surface area contributed by atoms with Gasteiger partial charge in [-0.15, -0.1) is 10.2 Å². The molecule has 0 saturated heterocycles. The van der Waals surface area contributed by atoms with E-state index in [1.54, 1.807) is 36.7 Å². The zero-order valence-electron chi connectivity index (χ0n) is 14.7. The van der Waals surface area contributed by atoms with Gasteiger partial charge in [-0.1, -0.05) is 12.1 Å². The second-order valence-electron chi connectivity index (χ2n) is 5.60. The Morgan fingerprint density at radius 2 is 1.75 bits per heavy atom. The van der Waals surface area contributed by atoms with Crippen LogP contribution in [0.1, 0.15) is 5.56 Å². The lowest BCUT2D eigenvalue weighted by Gasteiger charge is -2.09. The van der Waals surface area contributed by atoms with Crippen LogP contribution in [-0.4, -0.2) is 36.7 Å². The van der Waals surface area contributed by atoms with E-state index in [1.165, 1.54) is 12.1 Å². The van der Waals surface area contributed by atoms with Crippen LogP contribution in [-0.2, 0) is 10.0 Å². The van der Waals surface area contributed by atoms with E-state index in [0.29, 0.717) is 18.2 Å². The SMILES string of the molecule is N#Cc1ccccc1S(=O)(=O)NCCNc1ccc(Nc2cccnc2)nn1. The molecular weight excluding hydrogens is 378 g/mol. The van der Waals surface area contributed by atoms with Crippen molar-refractivity contribution in [3.05, 3.63) is 66.5 Å². The minimum atomic E-state index is -3.76. The van der Waals surface area contributed by atoms with Crippen molar-refractivity contribution >= 4 is 27.3 Å². The van der Waals surface area contributed by atoms with Crippen molar-refractivity contribution in [3.8, 4) is 6.07 Å². The first-order chi connectivity index (χ1) is 13.6. The highest BCUT2D eigenvalue weighted by Crippen LogP contribution is 2.14. The van der Waals surface area contributed by atoms with Gasteiger partial charge in [0.25, 0.3) is 0 Å². The van der Waals surface area contributed by atoms with Crippen LogP contribution in [0.2, 0.25) is 0 Å². The topological polar surface area (TPSA) is 133 Å². The molecule has 2 heterocycles. The van der Waals surface area contributed by atoms with Gasteiger partial charge in [0.05, 0.1) is 22.3 Å². The number of aromatic nitrogens is 3. The highest BCUT2D eigenvalue weighted by atomic mass is 32.2. The van der Waals surface area contributed by atoms with Crippen molar-refractivity contribution in [2.24, 2.45) is 0 Å². The minimum Gasteiger partial charge on any atom is -0.367 e. The molecule has 0 saturated carbocycles. The first-order valence-corrected chi connectivity index (χ1v) is 9.80. The molecule has 3 aromatic rings. The summed E-state index contributed by atoms with van der Waals surface area (Å²) in [7, 11) is -3.76. The van der Waals surface area contributed by atoms with Crippen LogP contribution in [0.5, 0.6) is 0 Å². The number of pyridine rings is 1. The largest absolute Gasteiger partial charge is 0.367 e. The molecule has 9 nitrogen and oxygen atoms in total. The van der Waals surface area contributed by atoms with Crippen molar-refractivity contribution in [1.29, 1.82) is 5.26 Å². The normalized spacial score (nSPS) is 10.8. The summed E-state index contributed by atoms with van der Waals surface area (Å²) in [6.45, 7) is 0.428. The Labute approximate surface area is 162 Å². The summed E-state index contributed by atoms with van der Waals surface area (Å²) in [4.78, 5) is 3.97. The van der Waals surface area contributed by atoms with E-state index in [0.717, 1.165) is 5.69 Å². The molecule has 0 aliphatic heterocycles. The molecule has 1 aromatic carbocycles. The van der Waals surface area contributed by atoms with Crippen LogP contribution in [0.4, 0.5) is 17.3 Å². The Kier molecular flexibility index (Phi) is 6.11. The standard InChI is InChI=1S/C18H17N7O2S/c19-12-14-4-1-2-6-16(14)28(26,27)22-11-10-21-17-7-8-18(25-24-17)23-15-5-3-9-20-13-15/h1-9,13,22H,10-11H2,(H,21,24)(H,23,25). The number of rotatable bonds is 8. The van der Waals surface area contributed by atoms with Gasteiger partial charge in [0.1, 0.15) is 11.9 Å². The van der Waals surface area contributed by atoms with E-state index < -0.39 is 10.0 Å². The molecule has 0 radical (unpaired) electrons. The van der Waals surface area contributed by atoms with Crippen LogP contribution in [0.25, 0.3) is 0 Å². The molecule has 0 atom stereocenters. The van der Waals surface area contributed by atoms with Gasteiger partial charge in [-0.3, -0.25) is 4.98 Å². The van der Waals surface area contributed by atoms with Crippen LogP contribution >= 0.6 is 0 Å². The van der Waals surface area contributed by atoms with Gasteiger partial charge in [-0.2, -0.15) is 5.26 Å². The highest BCUT2D eigenvalue weighted by molar-refractivity contribution is 7.89. The molecule has 0 aliphatic carbocycles. The van der Waals surface area contributed by atoms with Crippen molar-refractivity contribution in [3.63, 3.8) is 0 Å². The third-order valence-electron chi connectivity index (χ3n) is 3.62. The van der Waals surface area contributed by atoms with E-state index >= 15 is 0 Å². The molecule has 10 heteroatoms. The number of hydrogen-bond acceptors (Lipinski definition) is 8. The lowest BCUT2D eigenvalue weighted by molar-refractivity contribution is 0.582. The van der Waals surface area contributed by atoms with Gasteiger partial charge in [0.15, 0.2) is 5.82 Å². The number of nitriles is 1. The van der Waals surface area contributed by atoms with Crippen LogP contribution in [0.15, 0.2) is 65.8 Å². The molecule has 0 aliphatic rings. The fourth-order valence-electron chi connectivity index (χ4n) is 2.32. The van der Waals surface area contributed by atoms with Gasteiger partial charge in [0, 0.05) is 19.3 Å². The van der Waals surface area contributed by atoms with E-state index in [2.05, 4.69) is 30.5 Å². The number of sulfonamides is 1. The van der Waals surface area contributed by atoms with Crippen molar-refractivity contribution in [1.82, 2.24) is 19.9 Å². The van der Waals surface area contributed by atoms with Crippen molar-refractivity contribution in [2.45, 2.75) is 4.90 Å². The van der Waals surface area contributed by atoms with Crippen LogP contribution in [0.3, 0.4) is 0 Å². The van der Waals surface area contributed by atoms with Gasteiger partial charge in [-0.05, 0) is 36.4 Å². The summed E-state index contributed by atoms with van der Waals surface area (Å²) >= 11 is 0. The van der Waals surface area contributed by atoms with Crippen LogP contribution < -0.4 is 15.4 Å². The predicted molar refractivity (Wildman–Crippen MR) is 104 cm³/mol. The predicted octanol–water partition coefficient (Wildman–Crippen LogP) is 1.88. The van der Waals surface area contributed by atoms with Gasteiger partial charge < -0.3 is 10.6 Å². The quantitative estimate of drug-likeness (QED) is 0.492. The average molecular weight is 395 g/mol. The molecule has 142 valence electrons. The second-order valence-corrected chi connectivity index (χ2v) is 7.34. The average Bonchev–Trinajstić information content (AvgIpc) is 2.73. The molecule has 3 rings (SSSR count). The molecule has 3 N–H and O–H groups in total. The lowest BCUT2D eigenvalue weighted by Crippen LogP contribution is -2.29. The third kappa shape index (κ3) is 5.00. The minimum absolute atomic E-state index is 0.0388. The van der Waals surface area contributed by atoms with Gasteiger partial charge >= 0.3 is 0 Å². The fourth-order valence-corrected chi connectivity index (χ4v) is 3.51. The Hall–Kier alpha value is -3.55. The summed E-state index contributed by atoms with van der Waals surface area (Å²) in [5.41, 5.74) is 0.898. The number of hydrogen-bond donors (Lipinski definition) is 3. The zero-order valence-corrected chi connectivity index (χ0v) is 15.5. The second kappa shape index (κ2) is 8.90. The maximum absolute atomic E-state index is 12.3. The lowest BCUT2D eigenvalue weighted by atomic mass is 10.2. The number of nitrogens with zero attached hydrogens (tertiary/aromatic N) is 4.